The van der Waals surface area contributed by atoms with E-state index in [-0.39, 0.29) is 17.2 Å². The molecule has 1 aromatic carbocycles. The fourth-order valence-electron chi connectivity index (χ4n) is 1.43. The molecule has 0 bridgehead atoms. The third kappa shape index (κ3) is 4.29. The lowest BCUT2D eigenvalue weighted by Crippen LogP contribution is -2.17. The van der Waals surface area contributed by atoms with Crippen LogP contribution in [0.2, 0.25) is 0 Å². The average molecular weight is 274 g/mol. The molecule has 0 saturated heterocycles. The van der Waals surface area contributed by atoms with Crippen LogP contribution in [0.3, 0.4) is 0 Å². The van der Waals surface area contributed by atoms with Crippen LogP contribution in [0.1, 0.15) is 30.6 Å². The van der Waals surface area contributed by atoms with Gasteiger partial charge in [0.1, 0.15) is 11.6 Å². The first-order chi connectivity index (χ1) is 8.43. The maximum Gasteiger partial charge on any atom is 0.178 e. The predicted molar refractivity (Wildman–Crippen MR) is 68.0 cm³/mol. The Morgan fingerprint density at radius 1 is 1.39 bits per heavy atom. The third-order valence-corrected chi connectivity index (χ3v) is 4.21. The second-order valence-corrected chi connectivity index (χ2v) is 5.81. The minimum atomic E-state index is -1.33. The van der Waals surface area contributed by atoms with Crippen LogP contribution in [0.15, 0.2) is 18.2 Å². The van der Waals surface area contributed by atoms with Crippen LogP contribution in [0, 0.1) is 17.6 Å². The van der Waals surface area contributed by atoms with Crippen LogP contribution in [0.5, 0.6) is 0 Å². The van der Waals surface area contributed by atoms with Crippen molar-refractivity contribution in [3.05, 3.63) is 35.4 Å². The number of hydrogen-bond acceptors (Lipinski definition) is 2. The molecule has 0 aliphatic heterocycles. The molecule has 1 aromatic rings. The van der Waals surface area contributed by atoms with E-state index in [1.807, 2.05) is 13.8 Å². The number of carbonyl (C=O) groups excluding carboxylic acids is 1. The summed E-state index contributed by atoms with van der Waals surface area (Å²) in [6.07, 6.45) is 0.869. The molecule has 5 heteroatoms. The first-order valence-corrected chi connectivity index (χ1v) is 7.26. The quantitative estimate of drug-likeness (QED) is 0.747. The SMILES string of the molecule is CCC(C)CS(=O)CC(=O)c1cc(F)ccc1F. The molecule has 0 N–H and O–H groups in total. The summed E-state index contributed by atoms with van der Waals surface area (Å²) in [4.78, 5) is 11.7. The lowest BCUT2D eigenvalue weighted by atomic mass is 10.1. The molecular weight excluding hydrogens is 258 g/mol. The summed E-state index contributed by atoms with van der Waals surface area (Å²) in [7, 11) is -1.33. The molecule has 2 unspecified atom stereocenters. The summed E-state index contributed by atoms with van der Waals surface area (Å²) < 4.78 is 37.9. The highest BCUT2D eigenvalue weighted by atomic mass is 32.2. The van der Waals surface area contributed by atoms with Gasteiger partial charge in [-0.25, -0.2) is 8.78 Å². The molecule has 100 valence electrons. The van der Waals surface area contributed by atoms with Gasteiger partial charge in [-0.2, -0.15) is 0 Å². The maximum absolute atomic E-state index is 13.3. The second kappa shape index (κ2) is 6.73. The second-order valence-electron chi connectivity index (χ2n) is 4.31. The summed E-state index contributed by atoms with van der Waals surface area (Å²) in [5, 5.41) is 0. The summed E-state index contributed by atoms with van der Waals surface area (Å²) >= 11 is 0. The molecule has 0 spiro atoms. The molecule has 0 amide bonds. The maximum atomic E-state index is 13.3. The fraction of sp³-hybridized carbons (Fsp3) is 0.462. The van der Waals surface area contributed by atoms with Gasteiger partial charge in [0.15, 0.2) is 5.78 Å². The van der Waals surface area contributed by atoms with E-state index in [4.69, 9.17) is 0 Å². The Labute approximate surface area is 108 Å². The topological polar surface area (TPSA) is 34.1 Å². The van der Waals surface area contributed by atoms with Crippen molar-refractivity contribution in [1.82, 2.24) is 0 Å². The van der Waals surface area contributed by atoms with Crippen molar-refractivity contribution in [3.63, 3.8) is 0 Å². The van der Waals surface area contributed by atoms with Gasteiger partial charge in [0.05, 0.1) is 11.3 Å². The van der Waals surface area contributed by atoms with Crippen LogP contribution < -0.4 is 0 Å². The van der Waals surface area contributed by atoms with Gasteiger partial charge in [-0.3, -0.25) is 9.00 Å². The van der Waals surface area contributed by atoms with E-state index in [0.717, 1.165) is 24.6 Å². The van der Waals surface area contributed by atoms with Crippen LogP contribution in [-0.4, -0.2) is 21.5 Å². The normalized spacial score (nSPS) is 14.2. The van der Waals surface area contributed by atoms with Crippen LogP contribution in [0.25, 0.3) is 0 Å². The monoisotopic (exact) mass is 274 g/mol. The zero-order valence-electron chi connectivity index (χ0n) is 10.4. The number of rotatable bonds is 6. The van der Waals surface area contributed by atoms with Gasteiger partial charge in [0, 0.05) is 16.6 Å². The van der Waals surface area contributed by atoms with Gasteiger partial charge >= 0.3 is 0 Å². The predicted octanol–water partition coefficient (Wildman–Crippen LogP) is 2.94. The first-order valence-electron chi connectivity index (χ1n) is 5.77. The van der Waals surface area contributed by atoms with E-state index in [1.54, 1.807) is 0 Å². The van der Waals surface area contributed by atoms with Crippen LogP contribution in [0.4, 0.5) is 8.78 Å². The highest BCUT2D eigenvalue weighted by Gasteiger charge is 2.16. The third-order valence-electron chi connectivity index (χ3n) is 2.69. The van der Waals surface area contributed by atoms with Crippen molar-refractivity contribution in [3.8, 4) is 0 Å². The molecule has 0 saturated carbocycles. The summed E-state index contributed by atoms with van der Waals surface area (Å²) in [6.45, 7) is 3.90. The lowest BCUT2D eigenvalue weighted by Gasteiger charge is -2.08. The molecule has 0 heterocycles. The molecule has 2 atom stereocenters. The number of ketones is 1. The smallest absolute Gasteiger partial charge is 0.178 e. The van der Waals surface area contributed by atoms with Crippen molar-refractivity contribution in [2.75, 3.05) is 11.5 Å². The molecule has 0 aliphatic rings. The highest BCUT2D eigenvalue weighted by Crippen LogP contribution is 2.12. The molecule has 0 fully saturated rings. The standard InChI is InChI=1S/C13H16F2O2S/c1-3-9(2)7-18(17)8-13(16)11-6-10(14)4-5-12(11)15/h4-6,9H,3,7-8H2,1-2H3. The largest absolute Gasteiger partial charge is 0.293 e. The zero-order valence-corrected chi connectivity index (χ0v) is 11.2. The summed E-state index contributed by atoms with van der Waals surface area (Å²) in [5.74, 6) is -1.68. The lowest BCUT2D eigenvalue weighted by molar-refractivity contribution is 0.101. The molecule has 2 nitrogen and oxygen atoms in total. The highest BCUT2D eigenvalue weighted by molar-refractivity contribution is 7.85. The van der Waals surface area contributed by atoms with Gasteiger partial charge < -0.3 is 0 Å². The Kier molecular flexibility index (Phi) is 5.59. The first kappa shape index (κ1) is 15.0. The van der Waals surface area contributed by atoms with E-state index in [0.29, 0.717) is 5.75 Å². The Morgan fingerprint density at radius 2 is 2.06 bits per heavy atom. The number of Topliss-reactive ketones (excluding diaryl/α,β-unsaturated/α-hetero) is 1. The zero-order chi connectivity index (χ0) is 13.7. The Hall–Kier alpha value is -1.10. The minimum absolute atomic E-state index is 0.246. The molecule has 0 aromatic heterocycles. The van der Waals surface area contributed by atoms with Gasteiger partial charge in [-0.05, 0) is 24.1 Å². The molecule has 18 heavy (non-hydrogen) atoms. The van der Waals surface area contributed by atoms with Crippen molar-refractivity contribution in [2.24, 2.45) is 5.92 Å². The van der Waals surface area contributed by atoms with Crippen molar-refractivity contribution < 1.29 is 17.8 Å². The summed E-state index contributed by atoms with van der Waals surface area (Å²) in [5.41, 5.74) is -0.326. The number of halogens is 2. The molecule has 0 radical (unpaired) electrons. The van der Waals surface area contributed by atoms with Crippen molar-refractivity contribution in [1.29, 1.82) is 0 Å². The van der Waals surface area contributed by atoms with E-state index in [1.165, 1.54) is 0 Å². The minimum Gasteiger partial charge on any atom is -0.293 e. The van der Waals surface area contributed by atoms with E-state index in [9.17, 15) is 17.8 Å². The van der Waals surface area contributed by atoms with Crippen molar-refractivity contribution in [2.45, 2.75) is 20.3 Å². The molecule has 0 aliphatic carbocycles. The van der Waals surface area contributed by atoms with Gasteiger partial charge in [-0.1, -0.05) is 20.3 Å². The van der Waals surface area contributed by atoms with Crippen LogP contribution >= 0.6 is 0 Å². The Bertz CT molecular complexity index is 460. The van der Waals surface area contributed by atoms with E-state index >= 15 is 0 Å². The molecule has 1 rings (SSSR count). The van der Waals surface area contributed by atoms with Gasteiger partial charge in [-0.15, -0.1) is 0 Å². The summed E-state index contributed by atoms with van der Waals surface area (Å²) in [6, 6.07) is 2.69. The Balaban J connectivity index is 2.71. The molecular formula is C13H16F2O2S. The van der Waals surface area contributed by atoms with Crippen LogP contribution in [-0.2, 0) is 10.8 Å². The number of hydrogen-bond donors (Lipinski definition) is 0. The number of benzene rings is 1. The van der Waals surface area contributed by atoms with Gasteiger partial charge in [0.25, 0.3) is 0 Å². The van der Waals surface area contributed by atoms with Gasteiger partial charge in [0.2, 0.25) is 0 Å². The van der Waals surface area contributed by atoms with Crippen molar-refractivity contribution >= 4 is 16.6 Å². The average Bonchev–Trinajstić information content (AvgIpc) is 2.31. The van der Waals surface area contributed by atoms with E-state index in [2.05, 4.69) is 0 Å². The fourth-order valence-corrected chi connectivity index (χ4v) is 2.87. The van der Waals surface area contributed by atoms with E-state index < -0.39 is 28.2 Å². The Morgan fingerprint density at radius 3 is 2.67 bits per heavy atom. The number of carbonyl (C=O) groups is 1.